The van der Waals surface area contributed by atoms with E-state index >= 15 is 0 Å². The zero-order chi connectivity index (χ0) is 19.9. The van der Waals surface area contributed by atoms with Gasteiger partial charge in [-0.1, -0.05) is 6.92 Å². The summed E-state index contributed by atoms with van der Waals surface area (Å²) in [5, 5.41) is 4.50. The molecule has 0 spiro atoms. The predicted octanol–water partition coefficient (Wildman–Crippen LogP) is 2.44. The van der Waals surface area contributed by atoms with Crippen molar-refractivity contribution in [3.8, 4) is 0 Å². The van der Waals surface area contributed by atoms with Gasteiger partial charge in [0.25, 0.3) is 5.91 Å². The van der Waals surface area contributed by atoms with Gasteiger partial charge in [-0.3, -0.25) is 4.79 Å². The molecule has 3 N–H and O–H groups in total. The number of benzene rings is 1. The monoisotopic (exact) mass is 387 g/mol. The first kappa shape index (κ1) is 18.9. The number of imidazole rings is 1. The average molecular weight is 387 g/mol. The molecule has 150 valence electrons. The summed E-state index contributed by atoms with van der Waals surface area (Å²) in [5.41, 5.74) is 8.51. The lowest BCUT2D eigenvalue weighted by molar-refractivity contribution is 0.100. The number of carbonyl (C=O) groups is 1. The second-order valence-electron chi connectivity index (χ2n) is 7.91. The molecule has 0 unspecified atom stereocenters. The number of hydrogen-bond donors (Lipinski definition) is 2. The van der Waals surface area contributed by atoms with Gasteiger partial charge in [-0.05, 0) is 44.5 Å². The number of fused-ring (bicyclic) bond motifs is 3. The molecule has 0 atom stereocenters. The fourth-order valence-corrected chi connectivity index (χ4v) is 4.29. The predicted molar refractivity (Wildman–Crippen MR) is 105 cm³/mol. The molecule has 2 aromatic heterocycles. The lowest BCUT2D eigenvalue weighted by Crippen LogP contribution is -2.41. The van der Waals surface area contributed by atoms with Gasteiger partial charge < -0.3 is 20.4 Å². The Bertz CT molecular complexity index is 1020. The number of H-pyrrole nitrogens is 1. The van der Waals surface area contributed by atoms with E-state index in [1.807, 2.05) is 6.20 Å². The van der Waals surface area contributed by atoms with Crippen LogP contribution in [0.5, 0.6) is 0 Å². The highest BCUT2D eigenvalue weighted by molar-refractivity contribution is 6.05. The molecule has 3 heterocycles. The van der Waals surface area contributed by atoms with Gasteiger partial charge in [0.05, 0.1) is 17.3 Å². The highest BCUT2D eigenvalue weighted by Gasteiger charge is 2.35. The van der Waals surface area contributed by atoms with Crippen LogP contribution in [0.3, 0.4) is 0 Å². The zero-order valence-electron chi connectivity index (χ0n) is 16.3. The van der Waals surface area contributed by atoms with Crippen molar-refractivity contribution in [2.75, 3.05) is 33.4 Å². The van der Waals surface area contributed by atoms with E-state index in [2.05, 4.69) is 21.9 Å². The van der Waals surface area contributed by atoms with Gasteiger partial charge in [-0.2, -0.15) is 5.10 Å². The minimum atomic E-state index is -0.668. The van der Waals surface area contributed by atoms with E-state index in [1.165, 1.54) is 12.1 Å². The number of ether oxygens (including phenoxy) is 1. The fourth-order valence-electron chi connectivity index (χ4n) is 4.29. The summed E-state index contributed by atoms with van der Waals surface area (Å²) in [6.07, 6.45) is 4.91. The number of carbonyl (C=O) groups excluding carboxylic acids is 1. The molecule has 1 fully saturated rings. The minimum absolute atomic E-state index is 0.0359. The molecule has 7 nitrogen and oxygen atoms in total. The van der Waals surface area contributed by atoms with E-state index in [-0.39, 0.29) is 11.0 Å². The summed E-state index contributed by atoms with van der Waals surface area (Å²) in [7, 11) is 1.73. The number of amides is 1. The quantitative estimate of drug-likeness (QED) is 0.636. The number of nitrogens with zero attached hydrogens (tertiary/aromatic N) is 3. The lowest BCUT2D eigenvalue weighted by atomic mass is 9.75. The highest BCUT2D eigenvalue weighted by Crippen LogP contribution is 2.38. The topological polar surface area (TPSA) is 88.7 Å². The van der Waals surface area contributed by atoms with Crippen molar-refractivity contribution in [1.29, 1.82) is 0 Å². The maximum atomic E-state index is 13.9. The normalized spacial score (nSPS) is 17.5. The van der Waals surface area contributed by atoms with Crippen LogP contribution in [0.15, 0.2) is 18.3 Å². The molecular weight excluding hydrogens is 361 g/mol. The molecule has 0 bridgehead atoms. The van der Waals surface area contributed by atoms with E-state index in [9.17, 15) is 9.18 Å². The van der Waals surface area contributed by atoms with E-state index < -0.39 is 11.7 Å². The number of rotatable bonds is 6. The number of aromatic nitrogens is 3. The van der Waals surface area contributed by atoms with Crippen molar-refractivity contribution in [3.05, 3.63) is 35.3 Å². The summed E-state index contributed by atoms with van der Waals surface area (Å²) in [4.78, 5) is 17.5. The number of methoxy groups -OCH3 is 1. The van der Waals surface area contributed by atoms with Crippen molar-refractivity contribution in [1.82, 2.24) is 19.5 Å². The first-order valence-electron chi connectivity index (χ1n) is 9.63. The van der Waals surface area contributed by atoms with Crippen LogP contribution in [0.1, 0.15) is 42.1 Å². The maximum Gasteiger partial charge on any atom is 0.251 e. The van der Waals surface area contributed by atoms with Crippen LogP contribution in [0.4, 0.5) is 4.39 Å². The number of halogens is 1. The Morgan fingerprint density at radius 3 is 2.82 bits per heavy atom. The number of nitrogens with one attached hydrogen (secondary N) is 1. The van der Waals surface area contributed by atoms with E-state index in [0.29, 0.717) is 11.0 Å². The summed E-state index contributed by atoms with van der Waals surface area (Å²) in [6.45, 7) is 6.10. The van der Waals surface area contributed by atoms with Crippen LogP contribution in [0, 0.1) is 5.82 Å². The van der Waals surface area contributed by atoms with E-state index in [1.54, 1.807) is 11.6 Å². The summed E-state index contributed by atoms with van der Waals surface area (Å²) in [5.74, 6) is -1.17. The second-order valence-corrected chi connectivity index (χ2v) is 7.91. The number of hydrogen-bond acceptors (Lipinski definition) is 4. The van der Waals surface area contributed by atoms with Gasteiger partial charge in [0, 0.05) is 31.2 Å². The third kappa shape index (κ3) is 3.16. The van der Waals surface area contributed by atoms with Crippen molar-refractivity contribution in [2.24, 2.45) is 5.73 Å². The Balaban J connectivity index is 1.67. The Labute approximate surface area is 162 Å². The Morgan fingerprint density at radius 1 is 1.39 bits per heavy atom. The summed E-state index contributed by atoms with van der Waals surface area (Å²) in [6, 6.07) is 2.54. The molecule has 1 aromatic carbocycles. The minimum Gasteiger partial charge on any atom is -0.385 e. The molecular formula is C20H26FN5O2. The number of likely N-dealkylation sites (tertiary alicyclic amines) is 1. The Hall–Kier alpha value is -2.45. The second kappa shape index (κ2) is 7.18. The Kier molecular flexibility index (Phi) is 4.84. The molecule has 0 saturated carbocycles. The van der Waals surface area contributed by atoms with Crippen molar-refractivity contribution >= 4 is 22.6 Å². The van der Waals surface area contributed by atoms with Crippen molar-refractivity contribution in [3.63, 3.8) is 0 Å². The molecule has 0 radical (unpaired) electrons. The standard InChI is InChI=1S/C20H26FN5O2/c1-20(4-7-25(8-5-20)6-3-9-28-2)15-12-23-26-17-14(18(22)27)10-13(21)11-16(17)24-19(15)26/h10-12,24H,3-9H2,1-2H3,(H2,22,27). The molecule has 1 saturated heterocycles. The Morgan fingerprint density at radius 2 is 2.14 bits per heavy atom. The van der Waals surface area contributed by atoms with Gasteiger partial charge >= 0.3 is 0 Å². The first-order chi connectivity index (χ1) is 13.4. The van der Waals surface area contributed by atoms with Crippen LogP contribution < -0.4 is 5.73 Å². The van der Waals surface area contributed by atoms with Crippen LogP contribution in [-0.2, 0) is 10.2 Å². The number of aromatic amines is 1. The molecule has 0 aliphatic carbocycles. The lowest BCUT2D eigenvalue weighted by Gasteiger charge is -2.39. The van der Waals surface area contributed by atoms with Gasteiger partial charge in [-0.25, -0.2) is 8.91 Å². The largest absolute Gasteiger partial charge is 0.385 e. The third-order valence-electron chi connectivity index (χ3n) is 6.01. The van der Waals surface area contributed by atoms with Crippen LogP contribution in [0.2, 0.25) is 0 Å². The van der Waals surface area contributed by atoms with Gasteiger partial charge in [0.2, 0.25) is 0 Å². The smallest absolute Gasteiger partial charge is 0.251 e. The maximum absolute atomic E-state index is 13.9. The van der Waals surface area contributed by atoms with Crippen molar-refractivity contribution < 1.29 is 13.9 Å². The van der Waals surface area contributed by atoms with Crippen molar-refractivity contribution in [2.45, 2.75) is 31.6 Å². The van der Waals surface area contributed by atoms with E-state index in [4.69, 9.17) is 10.5 Å². The average Bonchev–Trinajstić information content (AvgIpc) is 3.21. The molecule has 3 aromatic rings. The first-order valence-corrected chi connectivity index (χ1v) is 9.63. The molecule has 1 amide bonds. The van der Waals surface area contributed by atoms with Crippen LogP contribution in [0.25, 0.3) is 16.7 Å². The van der Waals surface area contributed by atoms with E-state index in [0.717, 1.165) is 56.7 Å². The molecule has 4 rings (SSSR count). The zero-order valence-corrected chi connectivity index (χ0v) is 16.3. The number of piperidine rings is 1. The van der Waals surface area contributed by atoms with Gasteiger partial charge in [0.1, 0.15) is 17.0 Å². The summed E-state index contributed by atoms with van der Waals surface area (Å²) < 4.78 is 20.7. The number of primary amides is 1. The third-order valence-corrected chi connectivity index (χ3v) is 6.01. The van der Waals surface area contributed by atoms with Crippen LogP contribution >= 0.6 is 0 Å². The van der Waals surface area contributed by atoms with Crippen LogP contribution in [-0.4, -0.2) is 58.8 Å². The van der Waals surface area contributed by atoms with Gasteiger partial charge in [0.15, 0.2) is 0 Å². The molecule has 1 aliphatic heterocycles. The highest BCUT2D eigenvalue weighted by atomic mass is 19.1. The van der Waals surface area contributed by atoms with Gasteiger partial charge in [-0.15, -0.1) is 0 Å². The number of nitrogens with two attached hydrogens (primary N) is 1. The fraction of sp³-hybridized carbons (Fsp3) is 0.500. The molecule has 28 heavy (non-hydrogen) atoms. The molecule has 1 aliphatic rings. The molecule has 8 heteroatoms. The SMILES string of the molecule is COCCCN1CCC(C)(c2cnn3c2[nH]c2cc(F)cc(C(N)=O)c23)CC1. The summed E-state index contributed by atoms with van der Waals surface area (Å²) >= 11 is 0.